The molecule has 0 spiro atoms. The van der Waals surface area contributed by atoms with Crippen LogP contribution >= 0.6 is 0 Å². The normalized spacial score (nSPS) is 16.9. The highest BCUT2D eigenvalue weighted by Crippen LogP contribution is 2.29. The molecule has 0 unspecified atom stereocenters. The second kappa shape index (κ2) is 6.54. The number of hydrogen-bond acceptors (Lipinski definition) is 3. The molecule has 21 heavy (non-hydrogen) atoms. The number of hydrogen-bond donors (Lipinski definition) is 0. The standard InChI is InChI=1S/C15H19FN2O2S/c1-2-18(12-7-4-3-5-8-12)21(19,20)15-10-6-9-14(16)13(15)11-17/h6,9-10,12H,2-5,7-8H2,1H3. The van der Waals surface area contributed by atoms with Crippen LogP contribution in [-0.2, 0) is 10.0 Å². The van der Waals surface area contributed by atoms with Crippen LogP contribution < -0.4 is 0 Å². The molecule has 1 aromatic rings. The van der Waals surface area contributed by atoms with Gasteiger partial charge in [0.25, 0.3) is 0 Å². The lowest BCUT2D eigenvalue weighted by atomic mass is 9.95. The number of rotatable bonds is 4. The Morgan fingerprint density at radius 3 is 2.57 bits per heavy atom. The van der Waals surface area contributed by atoms with Gasteiger partial charge < -0.3 is 0 Å². The zero-order chi connectivity index (χ0) is 15.5. The molecule has 0 saturated heterocycles. The van der Waals surface area contributed by atoms with E-state index in [1.165, 1.54) is 16.4 Å². The molecular weight excluding hydrogens is 291 g/mol. The van der Waals surface area contributed by atoms with E-state index in [1.54, 1.807) is 13.0 Å². The maximum Gasteiger partial charge on any atom is 0.244 e. The molecule has 0 amide bonds. The highest BCUT2D eigenvalue weighted by Gasteiger charge is 2.33. The highest BCUT2D eigenvalue weighted by molar-refractivity contribution is 7.89. The summed E-state index contributed by atoms with van der Waals surface area (Å²) in [5.41, 5.74) is -0.397. The highest BCUT2D eigenvalue weighted by atomic mass is 32.2. The first kappa shape index (κ1) is 15.9. The van der Waals surface area contributed by atoms with E-state index >= 15 is 0 Å². The first-order valence-electron chi connectivity index (χ1n) is 7.22. The second-order valence-electron chi connectivity index (χ2n) is 5.22. The van der Waals surface area contributed by atoms with Gasteiger partial charge in [-0.15, -0.1) is 0 Å². The molecule has 0 heterocycles. The Kier molecular flexibility index (Phi) is 4.96. The largest absolute Gasteiger partial charge is 0.244 e. The van der Waals surface area contributed by atoms with E-state index in [0.29, 0.717) is 6.54 Å². The summed E-state index contributed by atoms with van der Waals surface area (Å²) in [6.45, 7) is 2.10. The van der Waals surface area contributed by atoms with E-state index in [9.17, 15) is 12.8 Å². The van der Waals surface area contributed by atoms with Crippen molar-refractivity contribution >= 4 is 10.0 Å². The van der Waals surface area contributed by atoms with Gasteiger partial charge in [-0.1, -0.05) is 32.3 Å². The van der Waals surface area contributed by atoms with Crippen molar-refractivity contribution in [1.29, 1.82) is 5.26 Å². The van der Waals surface area contributed by atoms with Crippen molar-refractivity contribution in [3.05, 3.63) is 29.6 Å². The van der Waals surface area contributed by atoms with Gasteiger partial charge >= 0.3 is 0 Å². The summed E-state index contributed by atoms with van der Waals surface area (Å²) >= 11 is 0. The van der Waals surface area contributed by atoms with Gasteiger partial charge in [0.15, 0.2) is 0 Å². The number of nitriles is 1. The Morgan fingerprint density at radius 2 is 2.00 bits per heavy atom. The third kappa shape index (κ3) is 3.09. The Labute approximate surface area is 125 Å². The van der Waals surface area contributed by atoms with Crippen molar-refractivity contribution in [1.82, 2.24) is 4.31 Å². The predicted octanol–water partition coefficient (Wildman–Crippen LogP) is 3.04. The molecule has 1 aliphatic rings. The molecule has 1 fully saturated rings. The smallest absolute Gasteiger partial charge is 0.207 e. The molecule has 0 atom stereocenters. The zero-order valence-electron chi connectivity index (χ0n) is 12.0. The van der Waals surface area contributed by atoms with Crippen LogP contribution in [-0.4, -0.2) is 25.3 Å². The molecule has 2 rings (SSSR count). The van der Waals surface area contributed by atoms with Crippen molar-refractivity contribution in [2.24, 2.45) is 0 Å². The summed E-state index contributed by atoms with van der Waals surface area (Å²) < 4.78 is 40.7. The lowest BCUT2D eigenvalue weighted by molar-refractivity contribution is 0.261. The van der Waals surface area contributed by atoms with E-state index in [-0.39, 0.29) is 10.9 Å². The fourth-order valence-corrected chi connectivity index (χ4v) is 4.80. The van der Waals surface area contributed by atoms with Gasteiger partial charge in [0.05, 0.1) is 0 Å². The van der Waals surface area contributed by atoms with Gasteiger partial charge in [0, 0.05) is 12.6 Å². The van der Waals surface area contributed by atoms with Crippen LogP contribution in [0.2, 0.25) is 0 Å². The van der Waals surface area contributed by atoms with Crippen molar-refractivity contribution < 1.29 is 12.8 Å². The Hall–Kier alpha value is -1.45. The first-order chi connectivity index (χ1) is 10.0. The summed E-state index contributed by atoms with van der Waals surface area (Å²) in [5, 5.41) is 9.05. The van der Waals surface area contributed by atoms with Crippen molar-refractivity contribution in [2.75, 3.05) is 6.54 Å². The van der Waals surface area contributed by atoms with Gasteiger partial charge in [-0.2, -0.15) is 9.57 Å². The third-order valence-corrected chi connectivity index (χ3v) is 6.04. The second-order valence-corrected chi connectivity index (χ2v) is 7.08. The first-order valence-corrected chi connectivity index (χ1v) is 8.66. The Balaban J connectivity index is 2.45. The van der Waals surface area contributed by atoms with Gasteiger partial charge in [-0.05, 0) is 25.0 Å². The lowest BCUT2D eigenvalue weighted by Gasteiger charge is -2.32. The Bertz CT molecular complexity index is 646. The maximum absolute atomic E-state index is 13.7. The molecule has 0 bridgehead atoms. The molecule has 0 N–H and O–H groups in total. The van der Waals surface area contributed by atoms with Crippen LogP contribution in [0.1, 0.15) is 44.6 Å². The number of nitrogens with zero attached hydrogens (tertiary/aromatic N) is 2. The molecule has 6 heteroatoms. The van der Waals surface area contributed by atoms with Crippen LogP contribution in [0.25, 0.3) is 0 Å². The fraction of sp³-hybridized carbons (Fsp3) is 0.533. The fourth-order valence-electron chi connectivity index (χ4n) is 2.95. The van der Waals surface area contributed by atoms with Crippen LogP contribution in [0.15, 0.2) is 23.1 Å². The van der Waals surface area contributed by atoms with Crippen LogP contribution in [0.5, 0.6) is 0 Å². The van der Waals surface area contributed by atoms with Crippen molar-refractivity contribution in [3.8, 4) is 6.07 Å². The summed E-state index contributed by atoms with van der Waals surface area (Å²) in [6, 6.07) is 5.36. The van der Waals surface area contributed by atoms with E-state index in [2.05, 4.69) is 0 Å². The summed E-state index contributed by atoms with van der Waals surface area (Å²) in [4.78, 5) is -0.225. The molecule has 1 aliphatic carbocycles. The molecule has 4 nitrogen and oxygen atoms in total. The third-order valence-electron chi connectivity index (χ3n) is 3.97. The predicted molar refractivity (Wildman–Crippen MR) is 77.6 cm³/mol. The van der Waals surface area contributed by atoms with Crippen LogP contribution in [0.3, 0.4) is 0 Å². The molecule has 0 aromatic heterocycles. The van der Waals surface area contributed by atoms with Crippen molar-refractivity contribution in [2.45, 2.75) is 50.0 Å². The zero-order valence-corrected chi connectivity index (χ0v) is 12.9. The molecule has 0 aliphatic heterocycles. The molecule has 1 aromatic carbocycles. The van der Waals surface area contributed by atoms with Gasteiger partial charge in [-0.25, -0.2) is 12.8 Å². The van der Waals surface area contributed by atoms with E-state index in [0.717, 1.165) is 38.2 Å². The monoisotopic (exact) mass is 310 g/mol. The molecular formula is C15H19FN2O2S. The number of benzene rings is 1. The summed E-state index contributed by atoms with van der Waals surface area (Å²) in [6.07, 6.45) is 4.78. The summed E-state index contributed by atoms with van der Waals surface area (Å²) in [5.74, 6) is -0.793. The average Bonchev–Trinajstić information content (AvgIpc) is 2.48. The number of sulfonamides is 1. The quantitative estimate of drug-likeness (QED) is 0.858. The van der Waals surface area contributed by atoms with E-state index in [4.69, 9.17) is 5.26 Å². The van der Waals surface area contributed by atoms with Gasteiger partial charge in [0.2, 0.25) is 10.0 Å². The Morgan fingerprint density at radius 1 is 1.33 bits per heavy atom. The minimum atomic E-state index is -3.85. The van der Waals surface area contributed by atoms with Gasteiger partial charge in [0.1, 0.15) is 22.3 Å². The molecule has 0 radical (unpaired) electrons. The maximum atomic E-state index is 13.7. The van der Waals surface area contributed by atoms with E-state index in [1.807, 2.05) is 0 Å². The molecule has 1 saturated carbocycles. The van der Waals surface area contributed by atoms with Crippen LogP contribution in [0, 0.1) is 17.1 Å². The minimum Gasteiger partial charge on any atom is -0.207 e. The number of halogens is 1. The summed E-state index contributed by atoms with van der Waals surface area (Å²) in [7, 11) is -3.85. The SMILES string of the molecule is CCN(C1CCCCC1)S(=O)(=O)c1cccc(F)c1C#N. The minimum absolute atomic E-state index is 0.0523. The molecule has 114 valence electrons. The van der Waals surface area contributed by atoms with Crippen molar-refractivity contribution in [3.63, 3.8) is 0 Å². The van der Waals surface area contributed by atoms with Gasteiger partial charge in [-0.3, -0.25) is 0 Å². The van der Waals surface area contributed by atoms with Crippen LogP contribution in [0.4, 0.5) is 4.39 Å². The lowest BCUT2D eigenvalue weighted by Crippen LogP contribution is -2.41. The van der Waals surface area contributed by atoms with E-state index < -0.39 is 21.4 Å². The average molecular weight is 310 g/mol. The topological polar surface area (TPSA) is 61.2 Å².